The number of nitrogens with zero attached hydrogens (tertiary/aromatic N) is 5. The van der Waals surface area contributed by atoms with Gasteiger partial charge in [0.25, 0.3) is 11.8 Å². The van der Waals surface area contributed by atoms with Gasteiger partial charge in [0, 0.05) is 74.2 Å². The highest BCUT2D eigenvalue weighted by molar-refractivity contribution is 6.14. The highest BCUT2D eigenvalue weighted by Crippen LogP contribution is 2.37. The highest BCUT2D eigenvalue weighted by atomic mass is 19.1. The average Bonchev–Trinajstić information content (AvgIpc) is 3.85. The number of carbonyl (C=O) groups is 8. The van der Waals surface area contributed by atoms with Crippen LogP contribution in [-0.2, 0) is 51.3 Å². The minimum atomic E-state index is -1.99. The Morgan fingerprint density at radius 1 is 0.855 bits per heavy atom. The van der Waals surface area contributed by atoms with E-state index in [1.54, 1.807) is 24.4 Å². The Hall–Kier alpha value is -7.61. The average molecular weight is 954 g/mol. The monoisotopic (exact) mass is 953 g/mol. The lowest BCUT2D eigenvalue weighted by Crippen LogP contribution is -2.62. The van der Waals surface area contributed by atoms with Gasteiger partial charge in [-0.2, -0.15) is 0 Å². The first-order valence-corrected chi connectivity index (χ1v) is 22.1. The van der Waals surface area contributed by atoms with Crippen LogP contribution in [0.15, 0.2) is 97.5 Å². The zero-order valence-corrected chi connectivity index (χ0v) is 39.0. The molecule has 0 saturated carbocycles. The Balaban J connectivity index is 1.49. The van der Waals surface area contributed by atoms with E-state index < -0.39 is 102 Å². The lowest BCUT2D eigenvalue weighted by Gasteiger charge is -2.39. The van der Waals surface area contributed by atoms with Crippen LogP contribution < -0.4 is 21.7 Å². The van der Waals surface area contributed by atoms with Gasteiger partial charge in [-0.15, -0.1) is 0 Å². The smallest absolute Gasteiger partial charge is 0.326 e. The van der Waals surface area contributed by atoms with Crippen LogP contribution in [0.4, 0.5) is 8.78 Å². The largest absolute Gasteiger partial charge is 0.480 e. The molecule has 0 aliphatic carbocycles. The van der Waals surface area contributed by atoms with Gasteiger partial charge in [0.05, 0.1) is 18.9 Å². The third-order valence-corrected chi connectivity index (χ3v) is 11.6. The second kappa shape index (κ2) is 23.4. The summed E-state index contributed by atoms with van der Waals surface area (Å²) in [4.78, 5) is 111. The van der Waals surface area contributed by atoms with Crippen molar-refractivity contribution in [1.29, 1.82) is 0 Å². The lowest BCUT2D eigenvalue weighted by atomic mass is 9.84. The summed E-state index contributed by atoms with van der Waals surface area (Å²) >= 11 is 0. The fraction of sp³-hybridized carbons (Fsp3) is 0.367. The number of rotatable bonds is 23. The van der Waals surface area contributed by atoms with Crippen LogP contribution in [0.2, 0.25) is 0 Å². The van der Waals surface area contributed by atoms with Crippen LogP contribution in [0.25, 0.3) is 11.1 Å². The van der Waals surface area contributed by atoms with Crippen molar-refractivity contribution in [2.24, 2.45) is 11.1 Å². The number of carbonyl (C=O) groups excluding carboxylic acids is 7. The molecular weight excluding hydrogens is 897 g/mol. The van der Waals surface area contributed by atoms with Gasteiger partial charge in [-0.05, 0) is 72.8 Å². The Labute approximate surface area is 397 Å². The predicted molar refractivity (Wildman–Crippen MR) is 248 cm³/mol. The molecule has 7 amide bonds. The number of hydrogen-bond acceptors (Lipinski definition) is 10. The normalized spacial score (nSPS) is 14.2. The van der Waals surface area contributed by atoms with Crippen LogP contribution in [0.3, 0.4) is 0 Å². The molecule has 0 saturated heterocycles. The Bertz CT molecular complexity index is 2550. The number of hydrogen-bond donors (Lipinski definition) is 5. The summed E-state index contributed by atoms with van der Waals surface area (Å²) in [6, 6.07) is 11.9. The van der Waals surface area contributed by atoms with Gasteiger partial charge in [0.15, 0.2) is 0 Å². The summed E-state index contributed by atoms with van der Waals surface area (Å²) < 4.78 is 31.7. The maximum atomic E-state index is 15.3. The van der Waals surface area contributed by atoms with Crippen LogP contribution >= 0.6 is 0 Å². The van der Waals surface area contributed by atoms with Crippen molar-refractivity contribution in [1.82, 2.24) is 40.2 Å². The standard InChI is InChI=1S/C49H57F2N9O9/c1-30(57(5)44(65)23-31-15-18-53-19-16-31)47(67)60(39(48(68)69)26-40(52)61)37(46(66)56-22-21-54-41(62)29-59-42(63)13-14-43(59)64)17-20-55-45(49(2,3)4)38-24-33(35-25-34(50)11-12-36(35)51)28-58(38)27-32-9-7-6-8-10-32/h6-16,18-19,24-25,28,30,37,39,45,55H,17,20-23,26-27,29H2,1-5H3,(H2,52,61)(H,54,62)(H,56,66)(H,68,69)/t30-,37-,39-,45-/m0/s1. The van der Waals surface area contributed by atoms with Gasteiger partial charge >= 0.3 is 5.97 Å². The highest BCUT2D eigenvalue weighted by Gasteiger charge is 2.43. The van der Waals surface area contributed by atoms with Crippen LogP contribution in [0.1, 0.15) is 63.4 Å². The maximum Gasteiger partial charge on any atom is 0.326 e. The second-order valence-electron chi connectivity index (χ2n) is 17.7. The van der Waals surface area contributed by atoms with E-state index in [0.29, 0.717) is 23.4 Å². The van der Waals surface area contributed by atoms with Gasteiger partial charge in [-0.1, -0.05) is 51.1 Å². The zero-order valence-electron chi connectivity index (χ0n) is 39.0. The number of nitrogens with two attached hydrogens (primary N) is 1. The Morgan fingerprint density at radius 2 is 1.51 bits per heavy atom. The first-order valence-electron chi connectivity index (χ1n) is 22.1. The number of carboxylic acids is 1. The molecule has 0 radical (unpaired) electrons. The molecule has 0 bridgehead atoms. The summed E-state index contributed by atoms with van der Waals surface area (Å²) in [6.45, 7) is 6.29. The third-order valence-electron chi connectivity index (χ3n) is 11.6. The fourth-order valence-corrected chi connectivity index (χ4v) is 7.88. The summed E-state index contributed by atoms with van der Waals surface area (Å²) in [5.74, 6) is -8.54. The number of primary amides is 1. The van der Waals surface area contributed by atoms with Gasteiger partial charge in [-0.25, -0.2) is 13.6 Å². The topological polar surface area (TPSA) is 246 Å². The van der Waals surface area contributed by atoms with Crippen molar-refractivity contribution < 1.29 is 52.2 Å². The Morgan fingerprint density at radius 3 is 2.13 bits per heavy atom. The molecular formula is C49H57F2N9O9. The summed E-state index contributed by atoms with van der Waals surface area (Å²) in [5.41, 5.74) is 7.45. The number of benzene rings is 2. The molecule has 20 heteroatoms. The molecule has 69 heavy (non-hydrogen) atoms. The van der Waals surface area contributed by atoms with E-state index in [2.05, 4.69) is 20.9 Å². The van der Waals surface area contributed by atoms with Crippen molar-refractivity contribution in [2.45, 2.75) is 77.7 Å². The van der Waals surface area contributed by atoms with Gasteiger partial charge in [0.1, 0.15) is 36.3 Å². The molecule has 0 unspecified atom stereocenters. The molecule has 0 fully saturated rings. The number of nitrogens with one attached hydrogen (secondary N) is 3. The van der Waals surface area contributed by atoms with E-state index in [9.17, 15) is 47.9 Å². The minimum absolute atomic E-state index is 0.0281. The van der Waals surface area contributed by atoms with Crippen molar-refractivity contribution in [3.63, 3.8) is 0 Å². The maximum absolute atomic E-state index is 15.3. The van der Waals surface area contributed by atoms with Crippen molar-refractivity contribution >= 4 is 47.3 Å². The SMILES string of the molecule is C[C@@H](C(=O)N([C@@H](CC(N)=O)C(=O)O)[C@@H](CCN[C@@H](c1cc(-c2cc(F)ccc2F)cn1Cc1ccccc1)C(C)(C)C)C(=O)NCCNC(=O)CN1C(=O)C=CC1=O)N(C)C(=O)Cc1ccncc1. The number of likely N-dealkylation sites (N-methyl/N-ethyl adjacent to an activating group) is 1. The number of amides is 7. The van der Waals surface area contributed by atoms with Gasteiger partial charge in [-0.3, -0.25) is 43.4 Å². The van der Waals surface area contributed by atoms with Crippen molar-refractivity contribution in [3.05, 3.63) is 126 Å². The summed E-state index contributed by atoms with van der Waals surface area (Å²) in [6.07, 6.45) is 5.38. The molecule has 3 heterocycles. The Kier molecular flexibility index (Phi) is 17.8. The molecule has 0 spiro atoms. The van der Waals surface area contributed by atoms with Crippen molar-refractivity contribution in [2.75, 3.05) is 33.2 Å². The molecule has 1 aliphatic heterocycles. The predicted octanol–water partition coefficient (Wildman–Crippen LogP) is 2.72. The number of imide groups is 1. The minimum Gasteiger partial charge on any atom is -0.480 e. The summed E-state index contributed by atoms with van der Waals surface area (Å²) in [5, 5.41) is 19.2. The third kappa shape index (κ3) is 14.0. The molecule has 2 aromatic heterocycles. The number of carboxylic acid groups (broad SMARTS) is 1. The van der Waals surface area contributed by atoms with E-state index in [4.69, 9.17) is 5.73 Å². The van der Waals surface area contributed by atoms with Gasteiger partial charge < -0.3 is 41.2 Å². The number of pyridine rings is 1. The zero-order chi connectivity index (χ0) is 50.6. The number of aliphatic carboxylic acids is 1. The van der Waals surface area contributed by atoms with Gasteiger partial charge in [0.2, 0.25) is 29.5 Å². The molecule has 366 valence electrons. The van der Waals surface area contributed by atoms with E-state index in [0.717, 1.165) is 50.6 Å². The van der Waals surface area contributed by atoms with E-state index in [1.807, 2.05) is 55.7 Å². The van der Waals surface area contributed by atoms with Crippen LogP contribution in [0, 0.1) is 17.0 Å². The number of aromatic nitrogens is 2. The second-order valence-corrected chi connectivity index (χ2v) is 17.7. The summed E-state index contributed by atoms with van der Waals surface area (Å²) in [7, 11) is 1.34. The van der Waals surface area contributed by atoms with E-state index in [-0.39, 0.29) is 38.0 Å². The lowest BCUT2D eigenvalue weighted by molar-refractivity contribution is -0.159. The quantitative estimate of drug-likeness (QED) is 0.0535. The number of halogens is 2. The van der Waals surface area contributed by atoms with Crippen LogP contribution in [0.5, 0.6) is 0 Å². The first kappa shape index (κ1) is 52.4. The fourth-order valence-electron chi connectivity index (χ4n) is 7.88. The molecule has 4 aromatic rings. The molecule has 2 aromatic carbocycles. The van der Waals surface area contributed by atoms with E-state index in [1.165, 1.54) is 26.4 Å². The van der Waals surface area contributed by atoms with Crippen LogP contribution in [-0.4, -0.2) is 128 Å². The molecule has 4 atom stereocenters. The first-order chi connectivity index (χ1) is 32.7. The van der Waals surface area contributed by atoms with E-state index >= 15 is 4.39 Å². The molecule has 6 N–H and O–H groups in total. The molecule has 1 aliphatic rings. The molecule has 18 nitrogen and oxygen atoms in total. The van der Waals surface area contributed by atoms with Crippen molar-refractivity contribution in [3.8, 4) is 11.1 Å². The molecule has 5 rings (SSSR count).